The van der Waals surface area contributed by atoms with Crippen LogP contribution in [0.1, 0.15) is 28.3 Å². The van der Waals surface area contributed by atoms with Crippen LogP contribution in [-0.4, -0.2) is 0 Å². The summed E-state index contributed by atoms with van der Waals surface area (Å²) in [6.45, 7) is 3.60. The van der Waals surface area contributed by atoms with Crippen molar-refractivity contribution < 1.29 is 8.78 Å². The van der Waals surface area contributed by atoms with E-state index in [9.17, 15) is 8.78 Å². The predicted molar refractivity (Wildman–Crippen MR) is 72.9 cm³/mol. The van der Waals surface area contributed by atoms with E-state index in [4.69, 9.17) is 5.73 Å². The summed E-state index contributed by atoms with van der Waals surface area (Å²) in [4.78, 5) is 0. The molecule has 2 aromatic carbocycles. The summed E-state index contributed by atoms with van der Waals surface area (Å²) in [5.74, 6) is -1.12. The fourth-order valence-electron chi connectivity index (χ4n) is 2.15. The van der Waals surface area contributed by atoms with E-state index < -0.39 is 17.7 Å². The third-order valence-electron chi connectivity index (χ3n) is 3.38. The number of nitrogens with two attached hydrogens (primary N) is 1. The minimum absolute atomic E-state index is 0.363. The number of benzene rings is 2. The van der Waals surface area contributed by atoms with Crippen molar-refractivity contribution in [3.63, 3.8) is 0 Å². The molecule has 1 unspecified atom stereocenters. The topological polar surface area (TPSA) is 26.0 Å². The van der Waals surface area contributed by atoms with Crippen molar-refractivity contribution in [3.8, 4) is 0 Å². The molecule has 0 aliphatic carbocycles. The maximum atomic E-state index is 13.8. The first-order valence-corrected chi connectivity index (χ1v) is 6.24. The van der Waals surface area contributed by atoms with Gasteiger partial charge in [0, 0.05) is 17.7 Å². The zero-order valence-corrected chi connectivity index (χ0v) is 11.1. The van der Waals surface area contributed by atoms with Crippen LogP contribution in [0, 0.1) is 25.5 Å². The van der Waals surface area contributed by atoms with Gasteiger partial charge in [-0.05, 0) is 43.0 Å². The largest absolute Gasteiger partial charge is 0.324 e. The van der Waals surface area contributed by atoms with Crippen molar-refractivity contribution >= 4 is 0 Å². The minimum atomic E-state index is -0.579. The summed E-state index contributed by atoms with van der Waals surface area (Å²) in [6.07, 6.45) is 0.536. The number of hydrogen-bond donors (Lipinski definition) is 1. The fourth-order valence-corrected chi connectivity index (χ4v) is 2.15. The number of aryl methyl sites for hydroxylation is 2. The monoisotopic (exact) mass is 261 g/mol. The Morgan fingerprint density at radius 1 is 1.00 bits per heavy atom. The lowest BCUT2D eigenvalue weighted by Crippen LogP contribution is -2.16. The molecule has 19 heavy (non-hydrogen) atoms. The van der Waals surface area contributed by atoms with Crippen LogP contribution in [0.25, 0.3) is 0 Å². The smallest absolute Gasteiger partial charge is 0.130 e. The quantitative estimate of drug-likeness (QED) is 0.893. The summed E-state index contributed by atoms with van der Waals surface area (Å²) in [5, 5.41) is 0. The average Bonchev–Trinajstić information content (AvgIpc) is 2.36. The van der Waals surface area contributed by atoms with Gasteiger partial charge in [-0.15, -0.1) is 0 Å². The molecule has 0 spiro atoms. The van der Waals surface area contributed by atoms with Gasteiger partial charge < -0.3 is 5.73 Å². The van der Waals surface area contributed by atoms with Gasteiger partial charge in [0.2, 0.25) is 0 Å². The fraction of sp³-hybridized carbons (Fsp3) is 0.250. The lowest BCUT2D eigenvalue weighted by atomic mass is 9.95. The van der Waals surface area contributed by atoms with Crippen LogP contribution < -0.4 is 5.73 Å². The van der Waals surface area contributed by atoms with Gasteiger partial charge in [-0.3, -0.25) is 0 Å². The van der Waals surface area contributed by atoms with Crippen molar-refractivity contribution in [2.75, 3.05) is 0 Å². The van der Waals surface area contributed by atoms with Crippen LogP contribution in [-0.2, 0) is 6.42 Å². The van der Waals surface area contributed by atoms with Crippen molar-refractivity contribution in [2.24, 2.45) is 5.73 Å². The molecule has 2 aromatic rings. The molecule has 3 heteroatoms. The standard InChI is InChI=1S/C16H17F2N/c1-10-5-3-4-6-12(10)8-16(19)13-7-11(2)14(17)9-15(13)18/h3-7,9,16H,8,19H2,1-2H3. The molecule has 0 heterocycles. The van der Waals surface area contributed by atoms with Crippen LogP contribution >= 0.6 is 0 Å². The lowest BCUT2D eigenvalue weighted by Gasteiger charge is -2.15. The van der Waals surface area contributed by atoms with Crippen LogP contribution in [0.2, 0.25) is 0 Å². The van der Waals surface area contributed by atoms with E-state index in [0.717, 1.165) is 17.2 Å². The van der Waals surface area contributed by atoms with Crippen LogP contribution in [0.15, 0.2) is 36.4 Å². The Kier molecular flexibility index (Phi) is 3.96. The molecule has 0 bridgehead atoms. The van der Waals surface area contributed by atoms with E-state index >= 15 is 0 Å². The number of halogens is 2. The molecule has 1 atom stereocenters. The van der Waals surface area contributed by atoms with Gasteiger partial charge in [-0.1, -0.05) is 24.3 Å². The van der Waals surface area contributed by atoms with Gasteiger partial charge in [-0.25, -0.2) is 8.78 Å². The maximum Gasteiger partial charge on any atom is 0.130 e. The highest BCUT2D eigenvalue weighted by molar-refractivity contribution is 5.32. The molecule has 0 fully saturated rings. The van der Waals surface area contributed by atoms with E-state index in [1.165, 1.54) is 6.07 Å². The highest BCUT2D eigenvalue weighted by Gasteiger charge is 2.15. The Bertz CT molecular complexity index is 593. The van der Waals surface area contributed by atoms with E-state index in [2.05, 4.69) is 0 Å². The summed E-state index contributed by atoms with van der Waals surface area (Å²) < 4.78 is 27.0. The summed E-state index contributed by atoms with van der Waals surface area (Å²) in [7, 11) is 0. The van der Waals surface area contributed by atoms with Gasteiger partial charge in [0.15, 0.2) is 0 Å². The molecular formula is C16H17F2N. The van der Waals surface area contributed by atoms with E-state index in [1.54, 1.807) is 6.92 Å². The normalized spacial score (nSPS) is 12.5. The van der Waals surface area contributed by atoms with Gasteiger partial charge in [-0.2, -0.15) is 0 Å². The zero-order valence-electron chi connectivity index (χ0n) is 11.1. The highest BCUT2D eigenvalue weighted by Crippen LogP contribution is 2.23. The van der Waals surface area contributed by atoms with Crippen molar-refractivity contribution in [2.45, 2.75) is 26.3 Å². The number of rotatable bonds is 3. The third-order valence-corrected chi connectivity index (χ3v) is 3.38. The molecular weight excluding hydrogens is 244 g/mol. The van der Waals surface area contributed by atoms with Crippen molar-refractivity contribution in [1.82, 2.24) is 0 Å². The van der Waals surface area contributed by atoms with Crippen molar-refractivity contribution in [3.05, 3.63) is 70.3 Å². The summed E-state index contributed by atoms with van der Waals surface area (Å²) in [5.41, 5.74) is 9.03. The van der Waals surface area contributed by atoms with Crippen LogP contribution in [0.5, 0.6) is 0 Å². The molecule has 0 aliphatic rings. The molecule has 2 N–H and O–H groups in total. The first kappa shape index (κ1) is 13.7. The zero-order chi connectivity index (χ0) is 14.0. The van der Waals surface area contributed by atoms with Crippen LogP contribution in [0.4, 0.5) is 8.78 Å². The Balaban J connectivity index is 2.28. The molecule has 0 saturated heterocycles. The van der Waals surface area contributed by atoms with Gasteiger partial charge in [0.1, 0.15) is 11.6 Å². The molecule has 1 nitrogen and oxygen atoms in total. The Labute approximate surface area is 112 Å². The molecule has 0 amide bonds. The number of hydrogen-bond acceptors (Lipinski definition) is 1. The molecule has 0 radical (unpaired) electrons. The van der Waals surface area contributed by atoms with E-state index in [0.29, 0.717) is 17.5 Å². The van der Waals surface area contributed by atoms with Crippen molar-refractivity contribution in [1.29, 1.82) is 0 Å². The first-order chi connectivity index (χ1) is 8.99. The highest BCUT2D eigenvalue weighted by atomic mass is 19.1. The second kappa shape index (κ2) is 5.49. The molecule has 0 aromatic heterocycles. The van der Waals surface area contributed by atoms with Crippen LogP contribution in [0.3, 0.4) is 0 Å². The Hall–Kier alpha value is -1.74. The minimum Gasteiger partial charge on any atom is -0.324 e. The average molecular weight is 261 g/mol. The van der Waals surface area contributed by atoms with E-state index in [1.807, 2.05) is 31.2 Å². The molecule has 2 rings (SSSR count). The SMILES string of the molecule is Cc1cc(C(N)Cc2ccccc2C)c(F)cc1F. The third kappa shape index (κ3) is 2.99. The summed E-state index contributed by atoms with van der Waals surface area (Å²) >= 11 is 0. The Morgan fingerprint density at radius 2 is 1.68 bits per heavy atom. The second-order valence-corrected chi connectivity index (χ2v) is 4.86. The summed E-state index contributed by atoms with van der Waals surface area (Å²) in [6, 6.07) is 9.78. The van der Waals surface area contributed by atoms with Gasteiger partial charge >= 0.3 is 0 Å². The maximum absolute atomic E-state index is 13.8. The molecule has 0 saturated carbocycles. The van der Waals surface area contributed by atoms with Gasteiger partial charge in [0.25, 0.3) is 0 Å². The lowest BCUT2D eigenvalue weighted by molar-refractivity contribution is 0.549. The van der Waals surface area contributed by atoms with Gasteiger partial charge in [0.05, 0.1) is 0 Å². The Morgan fingerprint density at radius 3 is 2.37 bits per heavy atom. The molecule has 100 valence electrons. The predicted octanol–water partition coefficient (Wildman–Crippen LogP) is 3.82. The first-order valence-electron chi connectivity index (χ1n) is 6.24. The molecule has 0 aliphatic heterocycles. The second-order valence-electron chi connectivity index (χ2n) is 4.86. The van der Waals surface area contributed by atoms with E-state index in [-0.39, 0.29) is 0 Å².